The Balaban J connectivity index is 1.75. The van der Waals surface area contributed by atoms with E-state index in [4.69, 9.17) is 11.6 Å². The van der Waals surface area contributed by atoms with E-state index in [2.05, 4.69) is 20.6 Å². The Labute approximate surface area is 110 Å². The zero-order chi connectivity index (χ0) is 12.4. The first-order chi connectivity index (χ1) is 8.79. The van der Waals surface area contributed by atoms with Crippen molar-refractivity contribution in [2.75, 3.05) is 10.6 Å². The van der Waals surface area contributed by atoms with E-state index in [9.17, 15) is 0 Å². The van der Waals surface area contributed by atoms with Crippen LogP contribution in [0.25, 0.3) is 0 Å². The molecule has 0 spiro atoms. The topological polar surface area (TPSA) is 49.8 Å². The highest BCUT2D eigenvalue weighted by molar-refractivity contribution is 6.30. The highest BCUT2D eigenvalue weighted by Crippen LogP contribution is 2.25. The van der Waals surface area contributed by atoms with E-state index >= 15 is 0 Å². The summed E-state index contributed by atoms with van der Waals surface area (Å²) in [5.74, 6) is 1.62. The van der Waals surface area contributed by atoms with Crippen LogP contribution in [0.15, 0.2) is 36.7 Å². The minimum Gasteiger partial charge on any atom is -0.367 e. The number of hydrogen-bond acceptors (Lipinski definition) is 4. The lowest BCUT2D eigenvalue weighted by molar-refractivity contribution is 1.08. The van der Waals surface area contributed by atoms with Crippen molar-refractivity contribution in [3.8, 4) is 0 Å². The molecule has 1 heterocycles. The fourth-order valence-electron chi connectivity index (χ4n) is 1.66. The van der Waals surface area contributed by atoms with Gasteiger partial charge in [0.25, 0.3) is 0 Å². The molecule has 0 unspecified atom stereocenters. The van der Waals surface area contributed by atoms with Crippen LogP contribution in [-0.2, 0) is 0 Å². The molecule has 0 amide bonds. The molecule has 0 bridgehead atoms. The van der Waals surface area contributed by atoms with Crippen molar-refractivity contribution in [2.24, 2.45) is 0 Å². The molecule has 3 rings (SSSR count). The first-order valence-corrected chi connectivity index (χ1v) is 6.28. The summed E-state index contributed by atoms with van der Waals surface area (Å²) in [5, 5.41) is 7.24. The molecule has 1 aliphatic rings. The smallest absolute Gasteiger partial charge is 0.135 e. The number of hydrogen-bond donors (Lipinski definition) is 2. The molecule has 2 N–H and O–H groups in total. The third kappa shape index (κ3) is 2.90. The molecule has 1 aromatic heterocycles. The summed E-state index contributed by atoms with van der Waals surface area (Å²) in [7, 11) is 0. The molecular formula is C13H13ClN4. The van der Waals surface area contributed by atoms with E-state index in [1.54, 1.807) is 6.33 Å². The van der Waals surface area contributed by atoms with E-state index < -0.39 is 0 Å². The van der Waals surface area contributed by atoms with E-state index in [1.165, 1.54) is 12.8 Å². The van der Waals surface area contributed by atoms with Crippen LogP contribution in [0.1, 0.15) is 12.8 Å². The van der Waals surface area contributed by atoms with Crippen molar-refractivity contribution in [1.82, 2.24) is 9.97 Å². The van der Waals surface area contributed by atoms with Gasteiger partial charge in [-0.15, -0.1) is 0 Å². The van der Waals surface area contributed by atoms with Crippen molar-refractivity contribution in [3.05, 3.63) is 41.7 Å². The number of halogens is 1. The Bertz CT molecular complexity index is 554. The standard InChI is InChI=1S/C13H13ClN4/c14-9-2-1-3-11(6-9)18-13-7-12(15-8-16-13)17-10-4-5-10/h1-3,6-8,10H,4-5H2,(H2,15,16,17,18). The van der Waals surface area contributed by atoms with Crippen LogP contribution in [0, 0.1) is 0 Å². The van der Waals surface area contributed by atoms with Crippen LogP contribution < -0.4 is 10.6 Å². The number of anilines is 3. The predicted octanol–water partition coefficient (Wildman–Crippen LogP) is 3.45. The van der Waals surface area contributed by atoms with Gasteiger partial charge in [0, 0.05) is 22.8 Å². The second-order valence-electron chi connectivity index (χ2n) is 4.34. The molecule has 0 atom stereocenters. The van der Waals surface area contributed by atoms with Gasteiger partial charge in [0.05, 0.1) is 0 Å². The van der Waals surface area contributed by atoms with Crippen LogP contribution in [0.3, 0.4) is 0 Å². The van der Waals surface area contributed by atoms with Crippen molar-refractivity contribution in [2.45, 2.75) is 18.9 Å². The number of nitrogens with zero attached hydrogens (tertiary/aromatic N) is 2. The summed E-state index contributed by atoms with van der Waals surface area (Å²) in [5.41, 5.74) is 0.915. The maximum absolute atomic E-state index is 5.93. The molecule has 0 aliphatic heterocycles. The third-order valence-electron chi connectivity index (χ3n) is 2.69. The molecule has 1 saturated carbocycles. The fourth-order valence-corrected chi connectivity index (χ4v) is 1.85. The Kier molecular flexibility index (Phi) is 3.02. The molecule has 4 nitrogen and oxygen atoms in total. The number of aromatic nitrogens is 2. The number of benzene rings is 1. The first kappa shape index (κ1) is 11.3. The average molecular weight is 261 g/mol. The monoisotopic (exact) mass is 260 g/mol. The largest absolute Gasteiger partial charge is 0.367 e. The lowest BCUT2D eigenvalue weighted by Gasteiger charge is -2.08. The lowest BCUT2D eigenvalue weighted by Crippen LogP contribution is -2.04. The van der Waals surface area contributed by atoms with Crippen LogP contribution in [0.4, 0.5) is 17.3 Å². The minimum atomic E-state index is 0.582. The number of rotatable bonds is 4. The predicted molar refractivity (Wildman–Crippen MR) is 73.4 cm³/mol. The van der Waals surface area contributed by atoms with Crippen molar-refractivity contribution in [3.63, 3.8) is 0 Å². The van der Waals surface area contributed by atoms with Crippen molar-refractivity contribution >= 4 is 28.9 Å². The summed E-state index contributed by atoms with van der Waals surface area (Å²) in [6.07, 6.45) is 4.00. The Hall–Kier alpha value is -1.81. The summed E-state index contributed by atoms with van der Waals surface area (Å²) in [4.78, 5) is 8.38. The Morgan fingerprint density at radius 1 is 1.11 bits per heavy atom. The summed E-state index contributed by atoms with van der Waals surface area (Å²) >= 11 is 5.93. The van der Waals surface area contributed by atoms with Crippen molar-refractivity contribution in [1.29, 1.82) is 0 Å². The first-order valence-electron chi connectivity index (χ1n) is 5.91. The molecule has 18 heavy (non-hydrogen) atoms. The molecular weight excluding hydrogens is 248 g/mol. The van der Waals surface area contributed by atoms with Crippen LogP contribution in [0.5, 0.6) is 0 Å². The third-order valence-corrected chi connectivity index (χ3v) is 2.93. The van der Waals surface area contributed by atoms with Crippen LogP contribution >= 0.6 is 11.6 Å². The van der Waals surface area contributed by atoms with E-state index in [-0.39, 0.29) is 0 Å². The zero-order valence-electron chi connectivity index (χ0n) is 9.73. The summed E-state index contributed by atoms with van der Waals surface area (Å²) in [6.45, 7) is 0. The van der Waals surface area contributed by atoms with Gasteiger partial charge < -0.3 is 10.6 Å². The second kappa shape index (κ2) is 4.82. The maximum atomic E-state index is 5.93. The summed E-state index contributed by atoms with van der Waals surface area (Å²) < 4.78 is 0. The molecule has 1 aliphatic carbocycles. The quantitative estimate of drug-likeness (QED) is 0.884. The SMILES string of the molecule is Clc1cccc(Nc2cc(NC3CC3)ncn2)c1. The normalized spacial score (nSPS) is 14.3. The van der Waals surface area contributed by atoms with E-state index in [1.807, 2.05) is 30.3 Å². The van der Waals surface area contributed by atoms with Gasteiger partial charge in [0.15, 0.2) is 0 Å². The zero-order valence-corrected chi connectivity index (χ0v) is 10.5. The maximum Gasteiger partial charge on any atom is 0.135 e. The van der Waals surface area contributed by atoms with Gasteiger partial charge in [-0.25, -0.2) is 9.97 Å². The van der Waals surface area contributed by atoms with Crippen LogP contribution in [0.2, 0.25) is 5.02 Å². The van der Waals surface area contributed by atoms with E-state index in [0.29, 0.717) is 11.1 Å². The van der Waals surface area contributed by atoms with Crippen LogP contribution in [-0.4, -0.2) is 16.0 Å². The van der Waals surface area contributed by atoms with Gasteiger partial charge in [-0.2, -0.15) is 0 Å². The molecule has 1 aromatic carbocycles. The molecule has 0 radical (unpaired) electrons. The summed E-state index contributed by atoms with van der Waals surface area (Å²) in [6, 6.07) is 10.0. The average Bonchev–Trinajstić information content (AvgIpc) is 3.13. The fraction of sp³-hybridized carbons (Fsp3) is 0.231. The van der Waals surface area contributed by atoms with Gasteiger partial charge >= 0.3 is 0 Å². The lowest BCUT2D eigenvalue weighted by atomic mass is 10.3. The molecule has 0 saturated heterocycles. The molecule has 1 fully saturated rings. The Morgan fingerprint density at radius 3 is 2.72 bits per heavy atom. The van der Waals surface area contributed by atoms with Gasteiger partial charge in [-0.3, -0.25) is 0 Å². The van der Waals surface area contributed by atoms with Crippen molar-refractivity contribution < 1.29 is 0 Å². The molecule has 92 valence electrons. The Morgan fingerprint density at radius 2 is 1.94 bits per heavy atom. The second-order valence-corrected chi connectivity index (χ2v) is 4.78. The highest BCUT2D eigenvalue weighted by atomic mass is 35.5. The molecule has 2 aromatic rings. The van der Waals surface area contributed by atoms with E-state index in [0.717, 1.165) is 17.3 Å². The highest BCUT2D eigenvalue weighted by Gasteiger charge is 2.21. The van der Waals surface area contributed by atoms with Gasteiger partial charge in [-0.1, -0.05) is 17.7 Å². The molecule has 5 heteroatoms. The van der Waals surface area contributed by atoms with Gasteiger partial charge in [0.1, 0.15) is 18.0 Å². The minimum absolute atomic E-state index is 0.582. The van der Waals surface area contributed by atoms with Gasteiger partial charge in [0.2, 0.25) is 0 Å². The van der Waals surface area contributed by atoms with Gasteiger partial charge in [-0.05, 0) is 31.0 Å². The number of nitrogens with one attached hydrogen (secondary N) is 2.